The molecule has 0 aliphatic carbocycles. The van der Waals surface area contributed by atoms with Gasteiger partial charge in [0.15, 0.2) is 29.4 Å². The minimum Gasteiger partial charge on any atom is -0.543 e. The molecule has 5 N–H and O–H groups in total. The number of hydrogen-bond donors (Lipinski definition) is 3. The summed E-state index contributed by atoms with van der Waals surface area (Å²) in [6, 6.07) is -0.958. The zero-order valence-electron chi connectivity index (χ0n) is 17.1. The van der Waals surface area contributed by atoms with Crippen LogP contribution in [0, 0.1) is 0 Å². The van der Waals surface area contributed by atoms with E-state index in [0.717, 1.165) is 16.2 Å². The first-order valence-electron chi connectivity index (χ1n) is 9.42. The number of fused-ring (bicyclic) bond motifs is 1. The third-order valence-electron chi connectivity index (χ3n) is 4.84. The Morgan fingerprint density at radius 1 is 1.45 bits per heavy atom. The first-order valence-corrected chi connectivity index (χ1v) is 11.3. The molecule has 1 saturated heterocycles. The Morgan fingerprint density at radius 3 is 2.88 bits per heavy atom. The summed E-state index contributed by atoms with van der Waals surface area (Å²) in [5, 5.41) is 19.3. The number of carboxylic acid groups (broad SMARTS) is 1. The number of carbonyl (C=O) groups excluding carboxylic acids is 3. The van der Waals surface area contributed by atoms with E-state index in [0.29, 0.717) is 11.3 Å². The highest BCUT2D eigenvalue weighted by atomic mass is 32.2. The van der Waals surface area contributed by atoms with Crippen molar-refractivity contribution in [2.45, 2.75) is 18.0 Å². The molecular weight excluding hydrogens is 472 g/mol. The first-order chi connectivity index (χ1) is 15.8. The number of thiazole rings is 1. The summed E-state index contributed by atoms with van der Waals surface area (Å²) in [7, 11) is 1.27. The Balaban J connectivity index is 1.54. The van der Waals surface area contributed by atoms with Crippen LogP contribution >= 0.6 is 23.1 Å². The Hall–Kier alpha value is -3.72. The second kappa shape index (κ2) is 9.03. The third kappa shape index (κ3) is 4.31. The summed E-state index contributed by atoms with van der Waals surface area (Å²) >= 11 is 2.44. The minimum atomic E-state index is -1.48. The molecule has 2 aliphatic rings. The van der Waals surface area contributed by atoms with Crippen molar-refractivity contribution in [3.8, 4) is 0 Å². The molecule has 172 valence electrons. The van der Waals surface area contributed by atoms with Crippen LogP contribution in [0.1, 0.15) is 5.69 Å². The van der Waals surface area contributed by atoms with E-state index >= 15 is 0 Å². The Bertz CT molecular complexity index is 1200. The van der Waals surface area contributed by atoms with Crippen LogP contribution in [-0.2, 0) is 25.8 Å². The number of aromatic nitrogens is 3. The van der Waals surface area contributed by atoms with Gasteiger partial charge in [0.25, 0.3) is 11.8 Å². The van der Waals surface area contributed by atoms with E-state index in [1.165, 1.54) is 30.4 Å². The number of β-lactam (4-membered cyclic amide) rings is 1. The summed E-state index contributed by atoms with van der Waals surface area (Å²) in [5.74, 6) is -2.18. The van der Waals surface area contributed by atoms with Gasteiger partial charge in [-0.3, -0.25) is 14.5 Å². The second-order valence-electron chi connectivity index (χ2n) is 6.95. The Morgan fingerprint density at radius 2 is 2.24 bits per heavy atom. The van der Waals surface area contributed by atoms with Crippen LogP contribution in [0.25, 0.3) is 0 Å². The van der Waals surface area contributed by atoms with Gasteiger partial charge in [-0.1, -0.05) is 5.16 Å². The molecule has 33 heavy (non-hydrogen) atoms. The minimum absolute atomic E-state index is 0.152. The summed E-state index contributed by atoms with van der Waals surface area (Å²) in [5.41, 5.74) is 11.6. The van der Waals surface area contributed by atoms with Crippen molar-refractivity contribution in [1.82, 2.24) is 20.2 Å². The number of carbonyl (C=O) groups is 3. The Kier molecular flexibility index (Phi) is 6.15. The lowest BCUT2D eigenvalue weighted by atomic mass is 10.0. The van der Waals surface area contributed by atoms with Gasteiger partial charge in [0, 0.05) is 16.7 Å². The number of thioether (sulfide) groups is 1. The van der Waals surface area contributed by atoms with E-state index in [-0.39, 0.29) is 34.6 Å². The van der Waals surface area contributed by atoms with Gasteiger partial charge in [-0.15, -0.1) is 23.1 Å². The molecule has 1 unspecified atom stereocenters. The topological polar surface area (TPSA) is 193 Å². The lowest BCUT2D eigenvalue weighted by Gasteiger charge is -2.50. The molecule has 15 heteroatoms. The van der Waals surface area contributed by atoms with Crippen LogP contribution in [-0.4, -0.2) is 62.6 Å². The van der Waals surface area contributed by atoms with Crippen LogP contribution in [0.15, 0.2) is 40.4 Å². The maximum Gasteiger partial charge on any atom is 0.276 e. The molecule has 0 saturated carbocycles. The zero-order chi connectivity index (χ0) is 23.7. The number of anilines is 2. The average Bonchev–Trinajstić information content (AvgIpc) is 3.21. The summed E-state index contributed by atoms with van der Waals surface area (Å²) in [4.78, 5) is 51.3. The number of nitrogens with one attached hydrogen (secondary N) is 1. The maximum absolute atomic E-state index is 12.9. The number of oxime groups is 1. The van der Waals surface area contributed by atoms with E-state index in [4.69, 9.17) is 16.3 Å². The van der Waals surface area contributed by atoms with Crippen LogP contribution in [0.3, 0.4) is 0 Å². The lowest BCUT2D eigenvalue weighted by Crippen LogP contribution is -2.71. The van der Waals surface area contributed by atoms with E-state index < -0.39 is 29.2 Å². The van der Waals surface area contributed by atoms with Gasteiger partial charge >= 0.3 is 0 Å². The molecule has 13 nitrogen and oxygen atoms in total. The maximum atomic E-state index is 12.9. The van der Waals surface area contributed by atoms with Gasteiger partial charge in [0.2, 0.25) is 6.20 Å². The fourth-order valence-electron chi connectivity index (χ4n) is 3.47. The van der Waals surface area contributed by atoms with Crippen LogP contribution < -0.4 is 26.5 Å². The number of carboxylic acids is 1. The van der Waals surface area contributed by atoms with Gasteiger partial charge in [-0.25, -0.2) is 9.97 Å². The van der Waals surface area contributed by atoms with Gasteiger partial charge in [0.05, 0.1) is 17.9 Å². The molecule has 2 atom stereocenters. The van der Waals surface area contributed by atoms with Gasteiger partial charge in [0.1, 0.15) is 24.2 Å². The monoisotopic (exact) mass is 490 g/mol. The highest BCUT2D eigenvalue weighted by Gasteiger charge is 2.53. The van der Waals surface area contributed by atoms with Crippen molar-refractivity contribution in [3.05, 3.63) is 40.9 Å². The number of hydrogen-bond acceptors (Lipinski definition) is 12. The fraction of sp³-hybridized carbons (Fsp3) is 0.278. The SMILES string of the molecule is CO/N=C(\C(=O)NC1C(=O)N2C(C(=O)[O-])=C(C[n+]3ccnc(N)c3)CS[C@H]12)c1csc(N)n1. The zero-order valence-corrected chi connectivity index (χ0v) is 18.8. The van der Waals surface area contributed by atoms with E-state index in [9.17, 15) is 19.5 Å². The van der Waals surface area contributed by atoms with Crippen molar-refractivity contribution in [2.24, 2.45) is 5.16 Å². The predicted molar refractivity (Wildman–Crippen MR) is 116 cm³/mol. The number of aliphatic carboxylic acids is 1. The third-order valence-corrected chi connectivity index (χ3v) is 6.86. The van der Waals surface area contributed by atoms with Crippen LogP contribution in [0.2, 0.25) is 0 Å². The Labute approximate surface area is 195 Å². The number of nitrogens with zero attached hydrogens (tertiary/aromatic N) is 5. The van der Waals surface area contributed by atoms with E-state index in [1.54, 1.807) is 17.0 Å². The molecule has 0 radical (unpaired) electrons. The van der Waals surface area contributed by atoms with Crippen molar-refractivity contribution < 1.29 is 28.9 Å². The van der Waals surface area contributed by atoms with Gasteiger partial charge in [-0.05, 0) is 0 Å². The highest BCUT2D eigenvalue weighted by molar-refractivity contribution is 8.00. The second-order valence-corrected chi connectivity index (χ2v) is 8.94. The molecule has 0 bridgehead atoms. The number of nitrogen functional groups attached to an aromatic ring is 2. The summed E-state index contributed by atoms with van der Waals surface area (Å²) < 4.78 is 1.66. The standard InChI is InChI=1S/C18H18N8O5S2/c1-31-24-11(9-7-33-18(20)22-9)14(27)23-12-15(28)26-13(17(29)30)8(6-32-16(12)26)4-25-3-2-21-10(19)5-25/h2-3,5,7,12,16H,4,6H2,1H3,(H5-,19,20,21,22,23,27,29,30)/b24-11-/t12?,16-/m1/s1. The molecule has 2 amide bonds. The molecule has 2 aliphatic heterocycles. The van der Waals surface area contributed by atoms with Crippen molar-refractivity contribution in [3.63, 3.8) is 0 Å². The molecule has 0 spiro atoms. The van der Waals surface area contributed by atoms with Crippen molar-refractivity contribution in [2.75, 3.05) is 24.3 Å². The van der Waals surface area contributed by atoms with Gasteiger partial charge < -0.3 is 31.5 Å². The molecule has 0 aromatic carbocycles. The number of rotatable bonds is 7. The smallest absolute Gasteiger partial charge is 0.276 e. The number of amides is 2. The molecule has 1 fully saturated rings. The van der Waals surface area contributed by atoms with Crippen molar-refractivity contribution in [1.29, 1.82) is 0 Å². The lowest BCUT2D eigenvalue weighted by molar-refractivity contribution is -0.688. The highest BCUT2D eigenvalue weighted by Crippen LogP contribution is 2.40. The summed E-state index contributed by atoms with van der Waals surface area (Å²) in [6.45, 7) is 0.187. The van der Waals surface area contributed by atoms with E-state index in [2.05, 4.69) is 20.4 Å². The normalized spacial score (nSPS) is 20.2. The predicted octanol–water partition coefficient (Wildman–Crippen LogP) is -2.56. The molecule has 4 rings (SSSR count). The van der Waals surface area contributed by atoms with Gasteiger partial charge in [-0.2, -0.15) is 4.57 Å². The van der Waals surface area contributed by atoms with Crippen molar-refractivity contribution >= 4 is 57.5 Å². The van der Waals surface area contributed by atoms with E-state index in [1.807, 2.05) is 0 Å². The van der Waals surface area contributed by atoms with Crippen LogP contribution in [0.5, 0.6) is 0 Å². The average molecular weight is 491 g/mol. The largest absolute Gasteiger partial charge is 0.543 e. The molecule has 4 heterocycles. The molecular formula is C18H18N8O5S2. The number of nitrogens with two attached hydrogens (primary N) is 2. The molecule has 2 aromatic heterocycles. The fourth-order valence-corrected chi connectivity index (χ4v) is 5.35. The molecule has 2 aromatic rings. The van der Waals surface area contributed by atoms with Crippen LogP contribution in [0.4, 0.5) is 10.9 Å². The summed E-state index contributed by atoms with van der Waals surface area (Å²) in [6.07, 6.45) is 4.68. The quantitative estimate of drug-likeness (QED) is 0.161. The first kappa shape index (κ1) is 22.5.